The standard InChI is InChI=1S/C70H93N13O19S3/c1-4-38(2)58(82-65(96)50(75-59(90)45(71)36-103)32-42-19-23-44(86)24-20-42)68(99)80-53(35-84)66(97)79-52(33-40-14-9-6-10-15-40)69(100)83-28-11-16-55(83)67(98)78-49(30-39-12-7-5-8-13-39)62(93)77-51(34-57(88)89)64(95)73-46(25-26-56(72)87)60(91)74-47(27-29-105-3)61(92)76-48(31-41-17-21-43(85)22-18-41)63(94)81-54(37-104)70(101)102/h5-10,12-15,17-24,38,45-55,58,84-86,103-104H,4,11,16,25-37,71H2,1-3H3,(H2,72,87)(H,73,95)(H,74,91)(H,75,90)(H,76,92)(H,77,93)(H,78,98)(H,79,97)(H,80,99)(H,81,94)(H,82,96)(H,88,89)(H,101,102)/t38-,45-,46-,47-,48-,49-,50-,51-,52-,53-,54-,55-,58-/m0/s1. The number of benzene rings is 4. The van der Waals surface area contributed by atoms with Crippen molar-refractivity contribution >= 4 is 120 Å². The molecule has 5 rings (SSSR count). The highest BCUT2D eigenvalue weighted by Gasteiger charge is 2.42. The molecule has 19 N–H and O–H groups in total. The molecule has 1 saturated heterocycles. The smallest absolute Gasteiger partial charge is 0.327 e. The summed E-state index contributed by atoms with van der Waals surface area (Å²) in [4.78, 5) is 194. The molecule has 1 aliphatic rings. The van der Waals surface area contributed by atoms with Gasteiger partial charge in [-0.25, -0.2) is 4.79 Å². The third kappa shape index (κ3) is 27.9. The monoisotopic (exact) mass is 1520 g/mol. The molecule has 105 heavy (non-hydrogen) atoms. The highest BCUT2D eigenvalue weighted by molar-refractivity contribution is 7.98. The SMILES string of the molecule is CC[C@H](C)[C@H](NC(=O)[C@H](Cc1ccc(O)cc1)NC(=O)[C@@H](N)CS)C(=O)N[C@@H](CO)C(=O)N[C@@H](Cc1ccccc1)C(=O)N1CCC[C@H]1C(=O)N[C@@H](Cc1ccccc1)C(=O)N[C@@H](CC(=O)O)C(=O)N[C@@H](CCC(N)=O)C(=O)N[C@@H](CCSC)C(=O)N[C@@H](Cc1ccc(O)cc1)C(=O)N[C@@H](CS)C(=O)O. The molecule has 35 heteroatoms. The maximum atomic E-state index is 15.0. The molecule has 4 aromatic rings. The van der Waals surface area contributed by atoms with Crippen LogP contribution in [0.5, 0.6) is 11.5 Å². The van der Waals surface area contributed by atoms with Gasteiger partial charge >= 0.3 is 11.9 Å². The van der Waals surface area contributed by atoms with Crippen molar-refractivity contribution in [2.75, 3.05) is 36.7 Å². The van der Waals surface area contributed by atoms with Gasteiger partial charge in [-0.05, 0) is 90.1 Å². The van der Waals surface area contributed by atoms with Crippen molar-refractivity contribution in [3.63, 3.8) is 0 Å². The first-order valence-corrected chi connectivity index (χ1v) is 36.4. The Morgan fingerprint density at radius 2 is 0.924 bits per heavy atom. The molecule has 1 fully saturated rings. The van der Waals surface area contributed by atoms with Gasteiger partial charge in [-0.2, -0.15) is 37.0 Å². The Balaban J connectivity index is 1.38. The molecule has 0 aliphatic carbocycles. The lowest BCUT2D eigenvalue weighted by molar-refractivity contribution is -0.143. The minimum atomic E-state index is -2.02. The number of hydrogen-bond acceptors (Lipinski definition) is 21. The predicted molar refractivity (Wildman–Crippen MR) is 391 cm³/mol. The quantitative estimate of drug-likeness (QED) is 0.0213. The van der Waals surface area contributed by atoms with E-state index >= 15 is 4.79 Å². The van der Waals surface area contributed by atoms with E-state index in [1.165, 1.54) is 65.2 Å². The maximum absolute atomic E-state index is 15.0. The number of likely N-dealkylation sites (tertiary alicyclic amines) is 1. The van der Waals surface area contributed by atoms with Crippen LogP contribution in [0.2, 0.25) is 0 Å². The van der Waals surface area contributed by atoms with Crippen molar-refractivity contribution in [3.05, 3.63) is 131 Å². The molecule has 1 aliphatic heterocycles. The van der Waals surface area contributed by atoms with Gasteiger partial charge in [-0.15, -0.1) is 0 Å². The molecule has 32 nitrogen and oxygen atoms in total. The molecule has 13 atom stereocenters. The summed E-state index contributed by atoms with van der Waals surface area (Å²) in [6, 6.07) is 9.66. The number of phenolic OH excluding ortho intramolecular Hbond substituents is 2. The average molecular weight is 1520 g/mol. The second-order valence-corrected chi connectivity index (χ2v) is 26.8. The van der Waals surface area contributed by atoms with Crippen molar-refractivity contribution in [1.29, 1.82) is 0 Å². The van der Waals surface area contributed by atoms with Gasteiger partial charge in [0.1, 0.15) is 78.0 Å². The van der Waals surface area contributed by atoms with Crippen LogP contribution in [-0.4, -0.2) is 222 Å². The Labute approximate surface area is 621 Å². The zero-order valence-corrected chi connectivity index (χ0v) is 60.7. The largest absolute Gasteiger partial charge is 0.508 e. The van der Waals surface area contributed by atoms with Crippen molar-refractivity contribution < 1.29 is 92.7 Å². The number of rotatable bonds is 43. The second kappa shape index (κ2) is 43.3. The first-order chi connectivity index (χ1) is 50.0. The molecule has 0 radical (unpaired) electrons. The fourth-order valence-electron chi connectivity index (χ4n) is 11.1. The Morgan fingerprint density at radius 3 is 1.39 bits per heavy atom. The van der Waals surface area contributed by atoms with Crippen LogP contribution in [0.4, 0.5) is 0 Å². The average Bonchev–Trinajstić information content (AvgIpc) is 1.74. The van der Waals surface area contributed by atoms with E-state index in [4.69, 9.17) is 11.5 Å². The zero-order valence-electron chi connectivity index (χ0n) is 58.1. The van der Waals surface area contributed by atoms with Gasteiger partial charge < -0.3 is 95.1 Å². The number of nitrogens with zero attached hydrogens (tertiary/aromatic N) is 1. The van der Waals surface area contributed by atoms with Crippen LogP contribution in [0, 0.1) is 5.92 Å². The van der Waals surface area contributed by atoms with Crippen molar-refractivity contribution in [3.8, 4) is 11.5 Å². The van der Waals surface area contributed by atoms with E-state index in [1.807, 2.05) is 0 Å². The van der Waals surface area contributed by atoms with Crippen LogP contribution in [0.3, 0.4) is 0 Å². The fraction of sp³-hybridized carbons (Fsp3) is 0.457. The Bertz CT molecular complexity index is 3650. The Hall–Kier alpha value is -9.97. The highest BCUT2D eigenvalue weighted by atomic mass is 32.2. The summed E-state index contributed by atoms with van der Waals surface area (Å²) >= 11 is 9.34. The first-order valence-electron chi connectivity index (χ1n) is 33.8. The van der Waals surface area contributed by atoms with Gasteiger partial charge in [-0.1, -0.05) is 105 Å². The minimum Gasteiger partial charge on any atom is -0.508 e. The molecular formula is C70H93N13O19S3. The molecule has 1 heterocycles. The number of aromatic hydroxyl groups is 2. The van der Waals surface area contributed by atoms with Gasteiger partial charge in [0.05, 0.1) is 19.1 Å². The van der Waals surface area contributed by atoms with E-state index in [1.54, 1.807) is 80.8 Å². The predicted octanol–water partition coefficient (Wildman–Crippen LogP) is -1.99. The summed E-state index contributed by atoms with van der Waals surface area (Å²) < 4.78 is 0. The van der Waals surface area contributed by atoms with Crippen LogP contribution >= 0.6 is 37.0 Å². The van der Waals surface area contributed by atoms with Crippen molar-refractivity contribution in [1.82, 2.24) is 58.1 Å². The second-order valence-electron chi connectivity index (χ2n) is 25.1. The summed E-state index contributed by atoms with van der Waals surface area (Å²) in [5.74, 6) is -15.6. The summed E-state index contributed by atoms with van der Waals surface area (Å²) in [6.07, 6.45) is -0.913. The van der Waals surface area contributed by atoms with E-state index in [0.717, 1.165) is 0 Å². The Morgan fingerprint density at radius 1 is 0.514 bits per heavy atom. The molecule has 12 amide bonds. The number of carboxylic acid groups (broad SMARTS) is 2. The molecule has 0 spiro atoms. The molecule has 0 bridgehead atoms. The number of aliphatic carboxylic acids is 2. The topological polar surface area (TPSA) is 516 Å². The molecular weight excluding hydrogens is 1420 g/mol. The van der Waals surface area contributed by atoms with Gasteiger partial charge in [0.15, 0.2) is 0 Å². The van der Waals surface area contributed by atoms with Gasteiger partial charge in [0, 0.05) is 50.2 Å². The number of carboxylic acids is 2. The number of aliphatic hydroxyl groups excluding tert-OH is 1. The van der Waals surface area contributed by atoms with Crippen molar-refractivity contribution in [2.24, 2.45) is 17.4 Å². The summed E-state index contributed by atoms with van der Waals surface area (Å²) in [7, 11) is 0. The molecule has 0 aromatic heterocycles. The zero-order chi connectivity index (χ0) is 77.4. The maximum Gasteiger partial charge on any atom is 0.327 e. The lowest BCUT2D eigenvalue weighted by Crippen LogP contribution is -2.62. The number of carbonyl (C=O) groups is 14. The molecule has 0 saturated carbocycles. The number of thiol groups is 2. The van der Waals surface area contributed by atoms with Crippen LogP contribution in [0.15, 0.2) is 109 Å². The molecule has 4 aromatic carbocycles. The number of aliphatic hydroxyl groups is 1. The number of amides is 12. The van der Waals surface area contributed by atoms with Crippen LogP contribution in [0.25, 0.3) is 0 Å². The normalized spacial score (nSPS) is 16.0. The number of carbonyl (C=O) groups excluding carboxylic acids is 12. The summed E-state index contributed by atoms with van der Waals surface area (Å²) in [6.45, 7) is 2.30. The molecule has 0 unspecified atom stereocenters. The van der Waals surface area contributed by atoms with Crippen LogP contribution < -0.4 is 64.6 Å². The lowest BCUT2D eigenvalue weighted by Gasteiger charge is -2.31. The van der Waals surface area contributed by atoms with E-state index in [9.17, 15) is 87.9 Å². The number of primary amides is 1. The first kappa shape index (κ1) is 85.7. The summed E-state index contributed by atoms with van der Waals surface area (Å²) in [5, 5.41) is 75.3. The Kier molecular flexibility index (Phi) is 35.4. The number of nitrogens with two attached hydrogens (primary N) is 2. The van der Waals surface area contributed by atoms with Gasteiger partial charge in [0.2, 0.25) is 70.9 Å². The number of nitrogens with one attached hydrogen (secondary N) is 10. The summed E-state index contributed by atoms with van der Waals surface area (Å²) in [5.41, 5.74) is 13.3. The third-order valence-electron chi connectivity index (χ3n) is 17.2. The minimum absolute atomic E-state index is 0.0146. The van der Waals surface area contributed by atoms with Gasteiger partial charge in [0.25, 0.3) is 0 Å². The van der Waals surface area contributed by atoms with Crippen molar-refractivity contribution in [2.45, 2.75) is 157 Å². The fourth-order valence-corrected chi connectivity index (χ4v) is 12.0. The number of hydrogen-bond donors (Lipinski definition) is 19. The highest BCUT2D eigenvalue weighted by Crippen LogP contribution is 2.22. The third-order valence-corrected chi connectivity index (χ3v) is 18.6. The van der Waals surface area contributed by atoms with E-state index in [0.29, 0.717) is 28.7 Å². The van der Waals surface area contributed by atoms with Crippen LogP contribution in [0.1, 0.15) is 81.0 Å². The van der Waals surface area contributed by atoms with E-state index < -0.39 is 187 Å². The molecule has 570 valence electrons. The number of phenols is 2. The van der Waals surface area contributed by atoms with E-state index in [-0.39, 0.29) is 80.2 Å². The van der Waals surface area contributed by atoms with Gasteiger partial charge in [-0.3, -0.25) is 62.3 Å². The number of thioether (sulfide) groups is 1. The lowest BCUT2D eigenvalue weighted by atomic mass is 9.96. The van der Waals surface area contributed by atoms with Crippen LogP contribution in [-0.2, 0) is 92.8 Å². The van der Waals surface area contributed by atoms with E-state index in [2.05, 4.69) is 78.4 Å².